The maximum Gasteiger partial charge on any atom is 0.251 e. The SMILES string of the molecule is COc1ccc(C2CCCCC2NC(=O)c2ccc(OC)c(OC3CCC3)c2)cc1OC. The molecular formula is C26H33NO5. The molecule has 0 heterocycles. The Kier molecular flexibility index (Phi) is 7.08. The predicted octanol–water partition coefficient (Wildman–Crippen LogP) is 5.10. The summed E-state index contributed by atoms with van der Waals surface area (Å²) in [4.78, 5) is 13.2. The van der Waals surface area contributed by atoms with E-state index in [0.29, 0.717) is 28.6 Å². The second-order valence-corrected chi connectivity index (χ2v) is 8.62. The van der Waals surface area contributed by atoms with Crippen molar-refractivity contribution in [1.29, 1.82) is 0 Å². The fourth-order valence-corrected chi connectivity index (χ4v) is 4.62. The van der Waals surface area contributed by atoms with Gasteiger partial charge in [-0.1, -0.05) is 18.9 Å². The first kappa shape index (κ1) is 22.3. The minimum absolute atomic E-state index is 0.0625. The molecule has 1 N–H and O–H groups in total. The van der Waals surface area contributed by atoms with Gasteiger partial charge in [0.2, 0.25) is 0 Å². The number of rotatable bonds is 8. The third-order valence-corrected chi connectivity index (χ3v) is 6.69. The number of hydrogen-bond acceptors (Lipinski definition) is 5. The molecule has 0 saturated heterocycles. The molecule has 2 atom stereocenters. The van der Waals surface area contributed by atoms with Gasteiger partial charge in [-0.25, -0.2) is 0 Å². The van der Waals surface area contributed by atoms with Gasteiger partial charge in [0.1, 0.15) is 0 Å². The van der Waals surface area contributed by atoms with E-state index in [1.165, 1.54) is 6.42 Å². The number of carbonyl (C=O) groups is 1. The van der Waals surface area contributed by atoms with Crippen molar-refractivity contribution in [3.63, 3.8) is 0 Å². The molecule has 0 spiro atoms. The zero-order chi connectivity index (χ0) is 22.5. The lowest BCUT2D eigenvalue weighted by Crippen LogP contribution is -2.41. The molecule has 2 aromatic carbocycles. The van der Waals surface area contributed by atoms with E-state index in [-0.39, 0.29) is 24.0 Å². The van der Waals surface area contributed by atoms with Crippen LogP contribution in [0, 0.1) is 0 Å². The van der Waals surface area contributed by atoms with Gasteiger partial charge in [-0.05, 0) is 68.0 Å². The summed E-state index contributed by atoms with van der Waals surface area (Å²) >= 11 is 0. The Hall–Kier alpha value is -2.89. The molecule has 0 aliphatic heterocycles. The molecule has 0 radical (unpaired) electrons. The lowest BCUT2D eigenvalue weighted by molar-refractivity contribution is 0.0917. The predicted molar refractivity (Wildman–Crippen MR) is 123 cm³/mol. The fourth-order valence-electron chi connectivity index (χ4n) is 4.62. The minimum Gasteiger partial charge on any atom is -0.493 e. The van der Waals surface area contributed by atoms with E-state index in [0.717, 1.165) is 44.1 Å². The number of carbonyl (C=O) groups excluding carboxylic acids is 1. The van der Waals surface area contributed by atoms with Crippen molar-refractivity contribution in [2.45, 2.75) is 63.0 Å². The molecule has 0 aromatic heterocycles. The maximum absolute atomic E-state index is 13.2. The van der Waals surface area contributed by atoms with Crippen LogP contribution in [0.25, 0.3) is 0 Å². The average molecular weight is 440 g/mol. The Labute approximate surface area is 190 Å². The summed E-state index contributed by atoms with van der Waals surface area (Å²) < 4.78 is 22.4. The van der Waals surface area contributed by atoms with Crippen molar-refractivity contribution in [3.05, 3.63) is 47.5 Å². The van der Waals surface area contributed by atoms with Gasteiger partial charge in [0.15, 0.2) is 23.0 Å². The number of ether oxygens (including phenoxy) is 4. The van der Waals surface area contributed by atoms with E-state index in [4.69, 9.17) is 18.9 Å². The summed E-state index contributed by atoms with van der Waals surface area (Å²) in [6.45, 7) is 0. The van der Waals surface area contributed by atoms with E-state index in [1.807, 2.05) is 18.2 Å². The molecule has 32 heavy (non-hydrogen) atoms. The van der Waals surface area contributed by atoms with Crippen LogP contribution in [-0.4, -0.2) is 39.4 Å². The topological polar surface area (TPSA) is 66.0 Å². The summed E-state index contributed by atoms with van der Waals surface area (Å²) in [5.41, 5.74) is 1.76. The molecule has 2 unspecified atom stereocenters. The van der Waals surface area contributed by atoms with Gasteiger partial charge >= 0.3 is 0 Å². The average Bonchev–Trinajstić information content (AvgIpc) is 2.81. The van der Waals surface area contributed by atoms with Gasteiger partial charge in [-0.15, -0.1) is 0 Å². The van der Waals surface area contributed by atoms with Gasteiger partial charge in [0.25, 0.3) is 5.91 Å². The smallest absolute Gasteiger partial charge is 0.251 e. The van der Waals surface area contributed by atoms with Crippen molar-refractivity contribution < 1.29 is 23.7 Å². The molecule has 2 aliphatic carbocycles. The van der Waals surface area contributed by atoms with Crippen molar-refractivity contribution >= 4 is 5.91 Å². The zero-order valence-corrected chi connectivity index (χ0v) is 19.2. The lowest BCUT2D eigenvalue weighted by atomic mass is 9.79. The summed E-state index contributed by atoms with van der Waals surface area (Å²) in [6, 6.07) is 11.5. The molecule has 2 saturated carbocycles. The van der Waals surface area contributed by atoms with Crippen LogP contribution in [0.15, 0.2) is 36.4 Å². The van der Waals surface area contributed by atoms with Gasteiger partial charge in [0.05, 0.1) is 27.4 Å². The third-order valence-electron chi connectivity index (χ3n) is 6.69. The van der Waals surface area contributed by atoms with Crippen LogP contribution in [-0.2, 0) is 0 Å². The molecule has 4 rings (SSSR count). The van der Waals surface area contributed by atoms with E-state index in [2.05, 4.69) is 11.4 Å². The normalized spacial score (nSPS) is 20.7. The molecule has 172 valence electrons. The highest BCUT2D eigenvalue weighted by Crippen LogP contribution is 2.38. The Bertz CT molecular complexity index is 940. The van der Waals surface area contributed by atoms with Crippen molar-refractivity contribution in [2.24, 2.45) is 0 Å². The first-order chi connectivity index (χ1) is 15.6. The number of benzene rings is 2. The molecule has 1 amide bonds. The summed E-state index contributed by atoms with van der Waals surface area (Å²) in [5.74, 6) is 2.89. The summed E-state index contributed by atoms with van der Waals surface area (Å²) in [7, 11) is 4.91. The van der Waals surface area contributed by atoms with E-state index in [9.17, 15) is 4.79 Å². The van der Waals surface area contributed by atoms with Crippen LogP contribution < -0.4 is 24.3 Å². The van der Waals surface area contributed by atoms with Crippen molar-refractivity contribution in [3.8, 4) is 23.0 Å². The van der Waals surface area contributed by atoms with Crippen molar-refractivity contribution in [2.75, 3.05) is 21.3 Å². The monoisotopic (exact) mass is 439 g/mol. The van der Waals surface area contributed by atoms with Crippen LogP contribution in [0.2, 0.25) is 0 Å². The minimum atomic E-state index is -0.0801. The Morgan fingerprint density at radius 1 is 0.781 bits per heavy atom. The third kappa shape index (κ3) is 4.79. The van der Waals surface area contributed by atoms with E-state index < -0.39 is 0 Å². The number of nitrogens with one attached hydrogen (secondary N) is 1. The highest BCUT2D eigenvalue weighted by molar-refractivity contribution is 5.95. The molecular weight excluding hydrogens is 406 g/mol. The second-order valence-electron chi connectivity index (χ2n) is 8.62. The fraction of sp³-hybridized carbons (Fsp3) is 0.500. The number of hydrogen-bond donors (Lipinski definition) is 1. The Morgan fingerprint density at radius 3 is 2.16 bits per heavy atom. The van der Waals surface area contributed by atoms with E-state index >= 15 is 0 Å². The van der Waals surface area contributed by atoms with Gasteiger partial charge in [0, 0.05) is 17.5 Å². The quantitative estimate of drug-likeness (QED) is 0.620. The van der Waals surface area contributed by atoms with Crippen LogP contribution in [0.4, 0.5) is 0 Å². The number of methoxy groups -OCH3 is 3. The lowest BCUT2D eigenvalue weighted by Gasteiger charge is -2.33. The summed E-state index contributed by atoms with van der Waals surface area (Å²) in [6.07, 6.45) is 7.73. The van der Waals surface area contributed by atoms with Gasteiger partial charge in [-0.3, -0.25) is 4.79 Å². The first-order valence-electron chi connectivity index (χ1n) is 11.5. The standard InChI is InChI=1S/C26H33NO5/c1-29-22-13-11-17(15-24(22)31-3)20-9-4-5-10-21(20)27-26(28)18-12-14-23(30-2)25(16-18)32-19-7-6-8-19/h11-16,19-21H,4-10H2,1-3H3,(H,27,28). The van der Waals surface area contributed by atoms with E-state index in [1.54, 1.807) is 33.5 Å². The van der Waals surface area contributed by atoms with Crippen LogP contribution in [0.3, 0.4) is 0 Å². The summed E-state index contributed by atoms with van der Waals surface area (Å²) in [5, 5.41) is 3.29. The molecule has 2 aliphatic rings. The molecule has 6 heteroatoms. The van der Waals surface area contributed by atoms with Gasteiger partial charge in [-0.2, -0.15) is 0 Å². The second kappa shape index (κ2) is 10.2. The van der Waals surface area contributed by atoms with Gasteiger partial charge < -0.3 is 24.3 Å². The van der Waals surface area contributed by atoms with Crippen LogP contribution in [0.5, 0.6) is 23.0 Å². The molecule has 2 aromatic rings. The highest BCUT2D eigenvalue weighted by atomic mass is 16.5. The van der Waals surface area contributed by atoms with Crippen LogP contribution >= 0.6 is 0 Å². The first-order valence-corrected chi connectivity index (χ1v) is 11.5. The zero-order valence-electron chi connectivity index (χ0n) is 19.2. The number of amides is 1. The Morgan fingerprint density at radius 2 is 1.47 bits per heavy atom. The highest BCUT2D eigenvalue weighted by Gasteiger charge is 2.29. The van der Waals surface area contributed by atoms with Crippen molar-refractivity contribution in [1.82, 2.24) is 5.32 Å². The van der Waals surface area contributed by atoms with Crippen LogP contribution in [0.1, 0.15) is 66.8 Å². The molecule has 0 bridgehead atoms. The molecule has 6 nitrogen and oxygen atoms in total. The molecule has 2 fully saturated rings. The largest absolute Gasteiger partial charge is 0.493 e. The maximum atomic E-state index is 13.2. The Balaban J connectivity index is 1.51.